The lowest BCUT2D eigenvalue weighted by molar-refractivity contribution is 0.102. The van der Waals surface area contributed by atoms with Crippen LogP contribution in [0.15, 0.2) is 58.8 Å². The van der Waals surface area contributed by atoms with Crippen LogP contribution in [0.25, 0.3) is 0 Å². The molecule has 0 aliphatic heterocycles. The van der Waals surface area contributed by atoms with E-state index in [-0.39, 0.29) is 17.7 Å². The summed E-state index contributed by atoms with van der Waals surface area (Å²) >= 11 is 7.10. The van der Waals surface area contributed by atoms with E-state index in [9.17, 15) is 15.2 Å². The Labute approximate surface area is 206 Å². The molecule has 2 N–H and O–H groups in total. The number of hydrogen-bond donors (Lipinski definition) is 2. The number of aryl methyl sites for hydroxylation is 1. The summed E-state index contributed by atoms with van der Waals surface area (Å²) in [4.78, 5) is 15.4. The van der Waals surface area contributed by atoms with E-state index < -0.39 is 5.91 Å². The number of nitrogens with zero attached hydrogens (tertiary/aromatic N) is 5. The molecule has 10 heteroatoms. The topological polar surface area (TPSA) is 125 Å². The first-order chi connectivity index (χ1) is 16.5. The first-order valence-electron chi connectivity index (χ1n) is 10.3. The minimum Gasteiger partial charge on any atom is -0.395 e. The van der Waals surface area contributed by atoms with Crippen molar-refractivity contribution < 1.29 is 9.90 Å². The van der Waals surface area contributed by atoms with Gasteiger partial charge in [-0.1, -0.05) is 11.6 Å². The van der Waals surface area contributed by atoms with Crippen LogP contribution in [-0.2, 0) is 0 Å². The van der Waals surface area contributed by atoms with E-state index in [1.165, 1.54) is 11.3 Å². The number of anilines is 2. The normalized spacial score (nSPS) is 10.6. The Bertz CT molecular complexity index is 1260. The summed E-state index contributed by atoms with van der Waals surface area (Å²) in [5, 5.41) is 39.9. The first kappa shape index (κ1) is 24.9. The summed E-state index contributed by atoms with van der Waals surface area (Å²) in [6, 6.07) is 18.1. The Morgan fingerprint density at radius 3 is 2.44 bits per heavy atom. The van der Waals surface area contributed by atoms with Crippen molar-refractivity contribution in [1.82, 2.24) is 0 Å². The number of nitriles is 2. The SMILES string of the molecule is Cc1sc(N=Nc2ccc(N(CCO)CCC#N)cc2)c(C#N)c1C(=O)Nc1ccc(Cl)cc1. The molecule has 0 unspecified atom stereocenters. The number of carbonyl (C=O) groups is 1. The van der Waals surface area contributed by atoms with Gasteiger partial charge in [-0.15, -0.1) is 21.6 Å². The van der Waals surface area contributed by atoms with Crippen LogP contribution in [0, 0.1) is 29.6 Å². The van der Waals surface area contributed by atoms with E-state index in [1.54, 1.807) is 43.3 Å². The summed E-state index contributed by atoms with van der Waals surface area (Å²) in [7, 11) is 0. The van der Waals surface area contributed by atoms with Gasteiger partial charge in [0.05, 0.1) is 30.3 Å². The highest BCUT2D eigenvalue weighted by Gasteiger charge is 2.22. The summed E-state index contributed by atoms with van der Waals surface area (Å²) in [5.74, 6) is -0.403. The fourth-order valence-corrected chi connectivity index (χ4v) is 4.26. The summed E-state index contributed by atoms with van der Waals surface area (Å²) in [6.45, 7) is 2.67. The number of halogens is 1. The highest BCUT2D eigenvalue weighted by Crippen LogP contribution is 2.36. The monoisotopic (exact) mass is 492 g/mol. The minimum absolute atomic E-state index is 0.0184. The number of amides is 1. The molecule has 2 aromatic carbocycles. The van der Waals surface area contributed by atoms with E-state index in [0.717, 1.165) is 5.69 Å². The number of nitrogens with one attached hydrogen (secondary N) is 1. The molecule has 0 aliphatic carbocycles. The molecule has 0 spiro atoms. The lowest BCUT2D eigenvalue weighted by atomic mass is 10.1. The van der Waals surface area contributed by atoms with Gasteiger partial charge in [0.15, 0.2) is 5.00 Å². The largest absolute Gasteiger partial charge is 0.395 e. The van der Waals surface area contributed by atoms with Gasteiger partial charge in [-0.2, -0.15) is 10.5 Å². The van der Waals surface area contributed by atoms with Crippen molar-refractivity contribution in [2.75, 3.05) is 29.9 Å². The van der Waals surface area contributed by atoms with Crippen LogP contribution in [0.1, 0.15) is 27.2 Å². The molecule has 0 fully saturated rings. The third-order valence-corrected chi connectivity index (χ3v) is 6.08. The van der Waals surface area contributed by atoms with Gasteiger partial charge < -0.3 is 15.3 Å². The molecule has 1 aromatic heterocycles. The van der Waals surface area contributed by atoms with Gasteiger partial charge in [-0.25, -0.2) is 0 Å². The zero-order valence-corrected chi connectivity index (χ0v) is 19.9. The quantitative estimate of drug-likeness (QED) is 0.356. The fraction of sp³-hybridized carbons (Fsp3) is 0.208. The molecular weight excluding hydrogens is 472 g/mol. The molecule has 172 valence electrons. The summed E-state index contributed by atoms with van der Waals surface area (Å²) in [6.07, 6.45) is 0.351. The van der Waals surface area contributed by atoms with Crippen molar-refractivity contribution in [3.05, 3.63) is 69.6 Å². The number of rotatable bonds is 9. The van der Waals surface area contributed by atoms with E-state index in [0.29, 0.717) is 45.8 Å². The predicted molar refractivity (Wildman–Crippen MR) is 133 cm³/mol. The second-order valence-corrected chi connectivity index (χ2v) is 8.76. The highest BCUT2D eigenvalue weighted by atomic mass is 35.5. The van der Waals surface area contributed by atoms with Crippen LogP contribution < -0.4 is 10.2 Å². The van der Waals surface area contributed by atoms with Crippen molar-refractivity contribution in [3.8, 4) is 12.1 Å². The van der Waals surface area contributed by atoms with Gasteiger partial charge in [0, 0.05) is 34.4 Å². The minimum atomic E-state index is -0.403. The van der Waals surface area contributed by atoms with Gasteiger partial charge in [-0.3, -0.25) is 4.79 Å². The molecule has 0 bridgehead atoms. The third kappa shape index (κ3) is 6.18. The van der Waals surface area contributed by atoms with E-state index in [1.807, 2.05) is 17.0 Å². The standard InChI is InChI=1S/C24H21ClN6O2S/c1-16-22(23(33)28-18-5-3-17(25)4-6-18)21(15-27)24(34-16)30-29-19-7-9-20(10-8-19)31(13-14-32)12-2-11-26/h3-10,32H,2,12-14H2,1H3,(H,28,33). The van der Waals surface area contributed by atoms with Crippen LogP contribution >= 0.6 is 22.9 Å². The average Bonchev–Trinajstić information content (AvgIpc) is 3.17. The van der Waals surface area contributed by atoms with Crippen LogP contribution in [0.4, 0.5) is 22.1 Å². The Kier molecular flexibility index (Phi) is 8.72. The molecule has 1 heterocycles. The summed E-state index contributed by atoms with van der Waals surface area (Å²) < 4.78 is 0. The van der Waals surface area contributed by atoms with Gasteiger partial charge in [0.2, 0.25) is 0 Å². The molecule has 0 radical (unpaired) electrons. The van der Waals surface area contributed by atoms with E-state index in [4.69, 9.17) is 16.9 Å². The number of benzene rings is 2. The molecule has 0 saturated heterocycles. The van der Waals surface area contributed by atoms with Crippen molar-refractivity contribution in [2.45, 2.75) is 13.3 Å². The molecule has 0 saturated carbocycles. The Hall–Kier alpha value is -3.76. The Morgan fingerprint density at radius 2 is 1.82 bits per heavy atom. The van der Waals surface area contributed by atoms with Crippen molar-refractivity contribution in [1.29, 1.82) is 10.5 Å². The smallest absolute Gasteiger partial charge is 0.258 e. The number of carbonyl (C=O) groups excluding carboxylic acids is 1. The maximum atomic E-state index is 12.8. The average molecular weight is 493 g/mol. The number of aliphatic hydroxyl groups is 1. The Balaban J connectivity index is 1.78. The lowest BCUT2D eigenvalue weighted by Crippen LogP contribution is -2.27. The van der Waals surface area contributed by atoms with Gasteiger partial charge in [-0.05, 0) is 55.5 Å². The molecule has 34 heavy (non-hydrogen) atoms. The second-order valence-electron chi connectivity index (χ2n) is 7.12. The highest BCUT2D eigenvalue weighted by molar-refractivity contribution is 7.16. The molecule has 3 rings (SSSR count). The first-order valence-corrected chi connectivity index (χ1v) is 11.5. The maximum absolute atomic E-state index is 12.8. The molecular formula is C24H21ClN6O2S. The molecule has 8 nitrogen and oxygen atoms in total. The molecule has 1 amide bonds. The number of thiophene rings is 1. The van der Waals surface area contributed by atoms with Gasteiger partial charge in [0.1, 0.15) is 11.6 Å². The van der Waals surface area contributed by atoms with E-state index in [2.05, 4.69) is 27.7 Å². The zero-order chi connectivity index (χ0) is 24.5. The number of hydrogen-bond acceptors (Lipinski definition) is 8. The number of azo groups is 1. The van der Waals surface area contributed by atoms with Crippen LogP contribution in [0.3, 0.4) is 0 Å². The van der Waals surface area contributed by atoms with Crippen molar-refractivity contribution in [2.24, 2.45) is 10.2 Å². The Morgan fingerprint density at radius 1 is 1.12 bits per heavy atom. The molecule has 0 atom stereocenters. The maximum Gasteiger partial charge on any atom is 0.258 e. The zero-order valence-electron chi connectivity index (χ0n) is 18.3. The molecule has 0 aliphatic rings. The predicted octanol–water partition coefficient (Wildman–Crippen LogP) is 5.96. The van der Waals surface area contributed by atoms with Crippen molar-refractivity contribution >= 4 is 50.9 Å². The van der Waals surface area contributed by atoms with Crippen molar-refractivity contribution in [3.63, 3.8) is 0 Å². The third-order valence-electron chi connectivity index (χ3n) is 4.84. The van der Waals surface area contributed by atoms with Gasteiger partial charge >= 0.3 is 0 Å². The lowest BCUT2D eigenvalue weighted by Gasteiger charge is -2.22. The van der Waals surface area contributed by atoms with E-state index >= 15 is 0 Å². The fourth-order valence-electron chi connectivity index (χ4n) is 3.21. The van der Waals surface area contributed by atoms with Crippen LogP contribution in [0.5, 0.6) is 0 Å². The summed E-state index contributed by atoms with van der Waals surface area (Å²) in [5.41, 5.74) is 2.42. The van der Waals surface area contributed by atoms with Crippen LogP contribution in [0.2, 0.25) is 5.02 Å². The van der Waals surface area contributed by atoms with Gasteiger partial charge in [0.25, 0.3) is 5.91 Å². The molecule has 3 aromatic rings. The van der Waals surface area contributed by atoms with Crippen LogP contribution in [-0.4, -0.2) is 30.7 Å². The second kappa shape index (κ2) is 11.9. The number of aliphatic hydroxyl groups excluding tert-OH is 1.